The number of anilines is 1. The zero-order valence-corrected chi connectivity index (χ0v) is 19.7. The van der Waals surface area contributed by atoms with Crippen molar-refractivity contribution in [3.05, 3.63) is 87.0 Å². The lowest BCUT2D eigenvalue weighted by Crippen LogP contribution is -2.23. The molecule has 0 fully saturated rings. The number of nitrogens with one attached hydrogen (secondary N) is 3. The van der Waals surface area contributed by atoms with Crippen molar-refractivity contribution in [3.63, 3.8) is 0 Å². The minimum atomic E-state index is -0.604. The maximum atomic E-state index is 12.5. The van der Waals surface area contributed by atoms with Crippen LogP contribution in [-0.2, 0) is 11.2 Å². The monoisotopic (exact) mass is 494 g/mol. The number of nitrogens with zero attached hydrogens (tertiary/aromatic N) is 3. The Morgan fingerprint density at radius 2 is 1.63 bits per heavy atom. The number of hydrogen-bond donors (Lipinski definition) is 3. The summed E-state index contributed by atoms with van der Waals surface area (Å²) >= 11 is 1.21. The van der Waals surface area contributed by atoms with Crippen LogP contribution in [0.4, 0.5) is 5.69 Å². The summed E-state index contributed by atoms with van der Waals surface area (Å²) in [4.78, 5) is 40.6. The largest absolute Gasteiger partial charge is 0.497 e. The van der Waals surface area contributed by atoms with Crippen LogP contribution < -0.4 is 26.0 Å². The average Bonchev–Trinajstić information content (AvgIpc) is 3.24. The summed E-state index contributed by atoms with van der Waals surface area (Å²) in [7, 11) is 3.15. The fraction of sp³-hybridized carbons (Fsp3) is 0.174. The number of methoxy groups -OCH3 is 2. The van der Waals surface area contributed by atoms with Gasteiger partial charge in [-0.05, 0) is 48.5 Å². The van der Waals surface area contributed by atoms with E-state index in [0.717, 1.165) is 5.69 Å². The lowest BCUT2D eigenvalue weighted by Gasteiger charge is -2.11. The molecule has 11 nitrogen and oxygen atoms in total. The van der Waals surface area contributed by atoms with Crippen LogP contribution in [0.3, 0.4) is 0 Å². The van der Waals surface area contributed by atoms with E-state index in [1.165, 1.54) is 17.8 Å². The molecule has 2 heterocycles. The van der Waals surface area contributed by atoms with E-state index in [-0.39, 0.29) is 18.1 Å². The molecule has 0 atom stereocenters. The standard InChI is InChI=1S/C23H22N6O5S/c1-33-17-7-3-14(4-8-17)24-21(31)13-35-23-28-27-19(11-15-12-20(30)26-22(32)25-15)29(23)16-5-9-18(34-2)10-6-16/h3-10,12H,11,13H2,1-2H3,(H,24,31)(H2,25,26,30,32). The molecule has 0 radical (unpaired) electrons. The first kappa shape index (κ1) is 23.8. The topological polar surface area (TPSA) is 144 Å². The molecule has 4 aromatic rings. The highest BCUT2D eigenvalue weighted by atomic mass is 32.2. The fourth-order valence-electron chi connectivity index (χ4n) is 3.29. The first-order valence-corrected chi connectivity index (χ1v) is 11.4. The number of hydrogen-bond acceptors (Lipinski definition) is 8. The second kappa shape index (κ2) is 10.7. The zero-order valence-electron chi connectivity index (χ0n) is 18.9. The number of benzene rings is 2. The lowest BCUT2D eigenvalue weighted by atomic mass is 10.2. The van der Waals surface area contributed by atoms with E-state index in [2.05, 4.69) is 25.5 Å². The van der Waals surface area contributed by atoms with E-state index in [1.54, 1.807) is 55.2 Å². The van der Waals surface area contributed by atoms with Crippen molar-refractivity contribution >= 4 is 23.4 Å². The molecule has 35 heavy (non-hydrogen) atoms. The van der Waals surface area contributed by atoms with E-state index < -0.39 is 11.2 Å². The van der Waals surface area contributed by atoms with Crippen molar-refractivity contribution in [1.29, 1.82) is 0 Å². The molecule has 12 heteroatoms. The van der Waals surface area contributed by atoms with Crippen LogP contribution in [-0.4, -0.2) is 50.6 Å². The number of ether oxygens (including phenoxy) is 2. The van der Waals surface area contributed by atoms with Gasteiger partial charge in [-0.15, -0.1) is 10.2 Å². The molecule has 0 aliphatic heterocycles. The Morgan fingerprint density at radius 1 is 0.971 bits per heavy atom. The molecule has 0 spiro atoms. The van der Waals surface area contributed by atoms with E-state index in [9.17, 15) is 14.4 Å². The molecular formula is C23H22N6O5S. The Balaban J connectivity index is 1.57. The van der Waals surface area contributed by atoms with Gasteiger partial charge in [0.15, 0.2) is 5.16 Å². The molecule has 0 bridgehead atoms. The molecule has 2 aromatic carbocycles. The summed E-state index contributed by atoms with van der Waals surface area (Å²) < 4.78 is 12.1. The number of thioether (sulfide) groups is 1. The number of carbonyl (C=O) groups excluding carboxylic acids is 1. The third-order valence-electron chi connectivity index (χ3n) is 4.90. The van der Waals surface area contributed by atoms with Crippen LogP contribution in [0.1, 0.15) is 11.5 Å². The van der Waals surface area contributed by atoms with Crippen molar-refractivity contribution in [2.45, 2.75) is 11.6 Å². The van der Waals surface area contributed by atoms with Gasteiger partial charge in [0, 0.05) is 29.6 Å². The Morgan fingerprint density at radius 3 is 2.26 bits per heavy atom. The molecule has 2 aromatic heterocycles. The lowest BCUT2D eigenvalue weighted by molar-refractivity contribution is -0.113. The van der Waals surface area contributed by atoms with Crippen LogP contribution in [0.2, 0.25) is 0 Å². The van der Waals surface area contributed by atoms with Gasteiger partial charge in [0.25, 0.3) is 5.56 Å². The van der Waals surface area contributed by atoms with Crippen LogP contribution >= 0.6 is 11.8 Å². The first-order chi connectivity index (χ1) is 16.9. The van der Waals surface area contributed by atoms with Gasteiger partial charge < -0.3 is 19.8 Å². The summed E-state index contributed by atoms with van der Waals surface area (Å²) in [6.45, 7) is 0. The maximum absolute atomic E-state index is 12.5. The van der Waals surface area contributed by atoms with Crippen LogP contribution in [0.15, 0.2) is 69.3 Å². The van der Waals surface area contributed by atoms with Crippen LogP contribution in [0.5, 0.6) is 11.5 Å². The summed E-state index contributed by atoms with van der Waals surface area (Å²) in [5, 5.41) is 11.8. The highest BCUT2D eigenvalue weighted by Gasteiger charge is 2.17. The van der Waals surface area contributed by atoms with Crippen molar-refractivity contribution in [1.82, 2.24) is 24.7 Å². The van der Waals surface area contributed by atoms with Gasteiger partial charge in [-0.2, -0.15) is 0 Å². The van der Waals surface area contributed by atoms with E-state index >= 15 is 0 Å². The molecule has 0 aliphatic rings. The Labute approximate surface area is 203 Å². The van der Waals surface area contributed by atoms with E-state index in [1.807, 2.05) is 12.1 Å². The predicted molar refractivity (Wildman–Crippen MR) is 131 cm³/mol. The number of rotatable bonds is 9. The molecule has 0 saturated carbocycles. The minimum Gasteiger partial charge on any atom is -0.497 e. The molecule has 0 aliphatic carbocycles. The summed E-state index contributed by atoms with van der Waals surface area (Å²) in [6.07, 6.45) is 0.150. The minimum absolute atomic E-state index is 0.0855. The van der Waals surface area contributed by atoms with Crippen LogP contribution in [0.25, 0.3) is 5.69 Å². The first-order valence-electron chi connectivity index (χ1n) is 10.4. The smallest absolute Gasteiger partial charge is 0.325 e. The van der Waals surface area contributed by atoms with E-state index in [4.69, 9.17) is 9.47 Å². The quantitative estimate of drug-likeness (QED) is 0.300. The third kappa shape index (κ3) is 5.98. The summed E-state index contributed by atoms with van der Waals surface area (Å²) in [5.74, 6) is 1.72. The zero-order chi connectivity index (χ0) is 24.8. The fourth-order valence-corrected chi connectivity index (χ4v) is 4.06. The SMILES string of the molecule is COc1ccc(NC(=O)CSc2nnc(Cc3cc(=O)[nH]c(=O)[nH]3)n2-c2ccc(OC)cc2)cc1. The molecule has 0 unspecified atom stereocenters. The Bertz CT molecular complexity index is 1400. The van der Waals surface area contributed by atoms with Gasteiger partial charge in [-0.1, -0.05) is 11.8 Å². The van der Waals surface area contributed by atoms with Crippen molar-refractivity contribution in [2.75, 3.05) is 25.3 Å². The molecule has 0 saturated heterocycles. The molecule has 4 rings (SSSR count). The third-order valence-corrected chi connectivity index (χ3v) is 5.83. The Hall–Kier alpha value is -4.32. The number of H-pyrrole nitrogens is 2. The molecular weight excluding hydrogens is 472 g/mol. The van der Waals surface area contributed by atoms with Crippen LogP contribution in [0, 0.1) is 0 Å². The predicted octanol–water partition coefficient (Wildman–Crippen LogP) is 1.98. The van der Waals surface area contributed by atoms with Gasteiger partial charge in [0.1, 0.15) is 17.3 Å². The van der Waals surface area contributed by atoms with Crippen molar-refractivity contribution < 1.29 is 14.3 Å². The normalized spacial score (nSPS) is 10.7. The Kier molecular flexibility index (Phi) is 7.31. The number of carbonyl (C=O) groups is 1. The maximum Gasteiger partial charge on any atom is 0.325 e. The molecule has 3 N–H and O–H groups in total. The van der Waals surface area contributed by atoms with Gasteiger partial charge in [0.05, 0.1) is 20.0 Å². The second-order valence-corrected chi connectivity index (χ2v) is 8.23. The highest BCUT2D eigenvalue weighted by Crippen LogP contribution is 2.25. The van der Waals surface area contributed by atoms with Crippen molar-refractivity contribution in [3.8, 4) is 17.2 Å². The number of aromatic amines is 2. The van der Waals surface area contributed by atoms with Crippen molar-refractivity contribution in [2.24, 2.45) is 0 Å². The van der Waals surface area contributed by atoms with Gasteiger partial charge in [0.2, 0.25) is 5.91 Å². The second-order valence-electron chi connectivity index (χ2n) is 7.29. The number of amides is 1. The van der Waals surface area contributed by atoms with E-state index in [0.29, 0.717) is 33.9 Å². The summed E-state index contributed by atoms with van der Waals surface area (Å²) in [6, 6.07) is 15.6. The van der Waals surface area contributed by atoms with Gasteiger partial charge >= 0.3 is 5.69 Å². The number of aromatic nitrogens is 5. The molecule has 180 valence electrons. The van der Waals surface area contributed by atoms with Gasteiger partial charge in [-0.25, -0.2) is 4.79 Å². The van der Waals surface area contributed by atoms with Gasteiger partial charge in [-0.3, -0.25) is 19.1 Å². The highest BCUT2D eigenvalue weighted by molar-refractivity contribution is 7.99. The summed E-state index contributed by atoms with van der Waals surface area (Å²) in [5.41, 5.74) is 0.648. The molecule has 1 amide bonds. The average molecular weight is 495 g/mol.